The van der Waals surface area contributed by atoms with Gasteiger partial charge in [-0.25, -0.2) is 19.9 Å². The van der Waals surface area contributed by atoms with E-state index >= 15 is 0 Å². The van der Waals surface area contributed by atoms with Crippen LogP contribution in [0.25, 0.3) is 0 Å². The Morgan fingerprint density at radius 3 is 1.52 bits per heavy atom. The molecule has 4 unspecified atom stereocenters. The van der Waals surface area contributed by atoms with Gasteiger partial charge in [-0.05, 0) is 102 Å². The fraction of sp³-hybridized carbons (Fsp3) is 0.706. The molecule has 2 amide bonds. The van der Waals surface area contributed by atoms with Crippen molar-refractivity contribution in [3.05, 3.63) is 33.7 Å². The quantitative estimate of drug-likeness (QED) is 0.349. The first-order chi connectivity index (χ1) is 23.9. The summed E-state index contributed by atoms with van der Waals surface area (Å²) in [7, 11) is 0. The highest BCUT2D eigenvalue weighted by Crippen LogP contribution is 2.56. The SMILES string of the molecule is C.C.[2H]C([2H])(CCCN1C(=O)C2C3CCC(C3)C2C1=O)N1CCN(c2ncc(Br)cn2)CC1.[2H]C([2H])(CCN)N1CCN(c2ncc(Br)cn2)CC1. The van der Waals surface area contributed by atoms with Gasteiger partial charge in [-0.15, -0.1) is 0 Å². The zero-order valence-corrected chi connectivity index (χ0v) is 29.3. The minimum Gasteiger partial charge on any atom is -0.338 e. The van der Waals surface area contributed by atoms with Crippen LogP contribution in [0.3, 0.4) is 0 Å². The van der Waals surface area contributed by atoms with Crippen LogP contribution >= 0.6 is 31.9 Å². The van der Waals surface area contributed by atoms with Crippen molar-refractivity contribution < 1.29 is 15.1 Å². The lowest BCUT2D eigenvalue weighted by atomic mass is 9.81. The summed E-state index contributed by atoms with van der Waals surface area (Å²) in [5.74, 6) is 1.99. The maximum atomic E-state index is 12.8. The van der Waals surface area contributed by atoms with E-state index in [1.807, 2.05) is 9.80 Å². The van der Waals surface area contributed by atoms with Gasteiger partial charge in [0.1, 0.15) is 0 Å². The summed E-state index contributed by atoms with van der Waals surface area (Å²) >= 11 is 6.65. The van der Waals surface area contributed by atoms with Gasteiger partial charge >= 0.3 is 0 Å². The number of nitrogens with two attached hydrogens (primary N) is 1. The molecule has 0 radical (unpaired) electrons. The molecule has 4 atom stereocenters. The summed E-state index contributed by atoms with van der Waals surface area (Å²) < 4.78 is 34.7. The Balaban J connectivity index is 0.000000250. The summed E-state index contributed by atoms with van der Waals surface area (Å²) in [6.07, 6.45) is 11.3. The predicted octanol–water partition coefficient (Wildman–Crippen LogP) is 4.15. The average Bonchev–Trinajstić information content (AvgIpc) is 3.80. The molecule has 3 saturated heterocycles. The first kappa shape index (κ1) is 32.9. The number of piperazine rings is 2. The van der Waals surface area contributed by atoms with Gasteiger partial charge in [-0.2, -0.15) is 0 Å². The lowest BCUT2D eigenvalue weighted by Gasteiger charge is -2.34. The highest BCUT2D eigenvalue weighted by atomic mass is 79.9. The Bertz CT molecular complexity index is 1450. The lowest BCUT2D eigenvalue weighted by molar-refractivity contribution is -0.140. The normalized spacial score (nSPS) is 27.2. The molecular weight excluding hydrogens is 740 g/mol. The number of aromatic nitrogens is 4. The van der Waals surface area contributed by atoms with Gasteiger partial charge in [0.25, 0.3) is 0 Å². The van der Waals surface area contributed by atoms with Gasteiger partial charge in [0, 0.05) is 89.2 Å². The van der Waals surface area contributed by atoms with Crippen LogP contribution in [0, 0.1) is 23.7 Å². The van der Waals surface area contributed by atoms with E-state index in [-0.39, 0.29) is 38.5 Å². The van der Waals surface area contributed by atoms with Crippen molar-refractivity contribution in [2.24, 2.45) is 29.4 Å². The van der Waals surface area contributed by atoms with E-state index in [0.717, 1.165) is 41.3 Å². The monoisotopic (exact) mass is 796 g/mol. The van der Waals surface area contributed by atoms with Crippen molar-refractivity contribution in [2.45, 2.75) is 53.4 Å². The Morgan fingerprint density at radius 1 is 0.688 bits per heavy atom. The van der Waals surface area contributed by atoms with E-state index < -0.39 is 13.0 Å². The van der Waals surface area contributed by atoms with Crippen LogP contribution in [0.15, 0.2) is 33.7 Å². The van der Waals surface area contributed by atoms with E-state index in [9.17, 15) is 9.59 Å². The minimum atomic E-state index is -1.46. The van der Waals surface area contributed by atoms with Crippen molar-refractivity contribution >= 4 is 55.6 Å². The van der Waals surface area contributed by atoms with Crippen LogP contribution in [0.4, 0.5) is 11.9 Å². The number of halogens is 2. The minimum absolute atomic E-state index is 0. The smallest absolute Gasteiger partial charge is 0.233 e. The molecule has 5 fully saturated rings. The van der Waals surface area contributed by atoms with Crippen molar-refractivity contribution in [3.63, 3.8) is 0 Å². The van der Waals surface area contributed by atoms with Crippen LogP contribution in [0.2, 0.25) is 0 Å². The summed E-state index contributed by atoms with van der Waals surface area (Å²) in [5, 5.41) is 0. The molecule has 0 spiro atoms. The van der Waals surface area contributed by atoms with Crippen LogP contribution in [-0.4, -0.2) is 125 Å². The van der Waals surface area contributed by atoms with Gasteiger partial charge in [-0.3, -0.25) is 24.3 Å². The van der Waals surface area contributed by atoms with Crippen molar-refractivity contribution in [1.82, 2.24) is 34.6 Å². The van der Waals surface area contributed by atoms with Crippen LogP contribution < -0.4 is 15.5 Å². The zero-order chi connectivity index (χ0) is 35.6. The standard InChI is InChI=1S/C21H28BrN5O2.C11H18BrN5.2CH4/c22-16-12-23-21(24-13-16)26-9-7-25(8-10-26)5-1-2-6-27-19(28)17-14-3-4-15(11-14)18(17)20(27)29;12-10-8-14-11(15-9-10)17-6-4-16(5-7-17)3-1-2-13;;/h12-15,17-18H,1-11H2;8-9H,1-7,13H2;2*1H4/i5D2;3D2;;. The summed E-state index contributed by atoms with van der Waals surface area (Å²) in [5.41, 5.74) is 5.45. The van der Waals surface area contributed by atoms with Crippen molar-refractivity contribution in [2.75, 3.05) is 88.2 Å². The van der Waals surface area contributed by atoms with Crippen LogP contribution in [0.5, 0.6) is 0 Å². The largest absolute Gasteiger partial charge is 0.338 e. The molecule has 2 N–H and O–H groups in total. The van der Waals surface area contributed by atoms with Crippen molar-refractivity contribution in [3.8, 4) is 0 Å². The maximum Gasteiger partial charge on any atom is 0.233 e. The molecule has 5 aliphatic rings. The van der Waals surface area contributed by atoms with Gasteiger partial charge in [-0.1, -0.05) is 14.9 Å². The Labute approximate surface area is 309 Å². The maximum absolute atomic E-state index is 12.8. The number of anilines is 2. The number of hydrogen-bond donors (Lipinski definition) is 1. The molecule has 48 heavy (non-hydrogen) atoms. The van der Waals surface area contributed by atoms with Gasteiger partial charge in [0.2, 0.25) is 23.7 Å². The third-order valence-corrected chi connectivity index (χ3v) is 10.5. The van der Waals surface area contributed by atoms with E-state index in [4.69, 9.17) is 11.2 Å². The van der Waals surface area contributed by atoms with Crippen molar-refractivity contribution in [1.29, 1.82) is 0 Å². The molecule has 266 valence electrons. The molecule has 5 heterocycles. The molecule has 2 aromatic heterocycles. The number of carbonyl (C=O) groups excluding carboxylic acids is 2. The second-order valence-corrected chi connectivity index (χ2v) is 14.4. The highest BCUT2D eigenvalue weighted by molar-refractivity contribution is 9.10. The molecule has 2 aliphatic carbocycles. The molecule has 2 saturated carbocycles. The van der Waals surface area contributed by atoms with E-state index in [1.54, 1.807) is 24.8 Å². The van der Waals surface area contributed by atoms with Gasteiger partial charge in [0.05, 0.1) is 20.8 Å². The number of hydrogen-bond acceptors (Lipinski definition) is 11. The molecule has 14 heteroatoms. The third kappa shape index (κ3) is 9.09. The lowest BCUT2D eigenvalue weighted by Crippen LogP contribution is -2.47. The van der Waals surface area contributed by atoms with E-state index in [0.29, 0.717) is 95.4 Å². The fourth-order valence-electron chi connectivity index (χ4n) is 7.45. The van der Waals surface area contributed by atoms with Gasteiger partial charge < -0.3 is 15.5 Å². The number of carbonyl (C=O) groups is 2. The second kappa shape index (κ2) is 18.1. The molecule has 7 rings (SSSR count). The Hall–Kier alpha value is -2.26. The molecule has 2 aromatic rings. The van der Waals surface area contributed by atoms with Gasteiger partial charge in [0.15, 0.2) is 0 Å². The van der Waals surface area contributed by atoms with Crippen LogP contribution in [0.1, 0.15) is 58.9 Å². The highest BCUT2D eigenvalue weighted by Gasteiger charge is 2.60. The summed E-state index contributed by atoms with van der Waals surface area (Å²) in [6, 6.07) is 0. The molecule has 2 bridgehead atoms. The average molecular weight is 799 g/mol. The topological polar surface area (TPSA) is 128 Å². The summed E-state index contributed by atoms with van der Waals surface area (Å²) in [4.78, 5) is 52.1. The summed E-state index contributed by atoms with van der Waals surface area (Å²) in [6.45, 7) is 3.19. The molecular formula is C34H54Br2N10O2. The molecule has 12 nitrogen and oxygen atoms in total. The first-order valence-corrected chi connectivity index (χ1v) is 18.0. The van der Waals surface area contributed by atoms with E-state index in [2.05, 4.69) is 61.6 Å². The van der Waals surface area contributed by atoms with Crippen LogP contribution in [-0.2, 0) is 9.59 Å². The molecule has 0 aromatic carbocycles. The Morgan fingerprint density at radius 2 is 1.10 bits per heavy atom. The number of fused-ring (bicyclic) bond motifs is 5. The Kier molecular flexibility index (Phi) is 12.4. The number of imide groups is 1. The number of likely N-dealkylation sites (tertiary alicyclic amines) is 1. The zero-order valence-electron chi connectivity index (χ0n) is 30.1. The molecule has 3 aliphatic heterocycles. The third-order valence-electron chi connectivity index (χ3n) is 9.73. The van der Waals surface area contributed by atoms with E-state index in [1.165, 1.54) is 4.90 Å². The second-order valence-electron chi connectivity index (χ2n) is 12.5. The number of nitrogens with zero attached hydrogens (tertiary/aromatic N) is 9. The number of amides is 2. The predicted molar refractivity (Wildman–Crippen MR) is 198 cm³/mol. The first-order valence-electron chi connectivity index (χ1n) is 18.4. The fourth-order valence-corrected chi connectivity index (χ4v) is 7.86. The number of rotatable bonds is 10.